The lowest BCUT2D eigenvalue weighted by Crippen LogP contribution is -2.34. The van der Waals surface area contributed by atoms with E-state index in [9.17, 15) is 14.7 Å². The minimum absolute atomic E-state index is 0.0813. The number of aryl methyl sites for hydroxylation is 1. The number of aliphatic hydroxyl groups excluding tert-OH is 1. The molecule has 2 rings (SSSR count). The molecular formula is C17H21NO5. The molecule has 2 aromatic rings. The van der Waals surface area contributed by atoms with Crippen molar-refractivity contribution in [2.24, 2.45) is 7.05 Å². The lowest BCUT2D eigenvalue weighted by molar-refractivity contribution is -0.151. The number of pyridine rings is 1. The van der Waals surface area contributed by atoms with E-state index in [0.717, 1.165) is 10.9 Å². The monoisotopic (exact) mass is 319 g/mol. The van der Waals surface area contributed by atoms with Gasteiger partial charge in [-0.25, -0.2) is 0 Å². The van der Waals surface area contributed by atoms with Crippen molar-refractivity contribution in [1.29, 1.82) is 0 Å². The van der Waals surface area contributed by atoms with Crippen molar-refractivity contribution < 1.29 is 19.4 Å². The molecule has 0 aliphatic rings. The molecule has 6 nitrogen and oxygen atoms in total. The quantitative estimate of drug-likeness (QED) is 0.843. The fraction of sp³-hybridized carbons (Fsp3) is 0.412. The molecule has 124 valence electrons. The van der Waals surface area contributed by atoms with Gasteiger partial charge in [0.25, 0.3) is 5.56 Å². The van der Waals surface area contributed by atoms with Gasteiger partial charge in [0.15, 0.2) is 0 Å². The lowest BCUT2D eigenvalue weighted by Gasteiger charge is -2.22. The summed E-state index contributed by atoms with van der Waals surface area (Å²) in [5, 5.41) is 10.6. The molecule has 1 N–H and O–H groups in total. The number of aromatic nitrogens is 1. The highest BCUT2D eigenvalue weighted by molar-refractivity contribution is 5.86. The molecule has 0 unspecified atom stereocenters. The minimum Gasteiger partial charge on any atom is -0.496 e. The van der Waals surface area contributed by atoms with E-state index in [0.29, 0.717) is 11.3 Å². The predicted molar refractivity (Wildman–Crippen MR) is 86.7 cm³/mol. The molecule has 0 spiro atoms. The highest BCUT2D eigenvalue weighted by atomic mass is 16.6. The first-order valence-electron chi connectivity index (χ1n) is 7.36. The van der Waals surface area contributed by atoms with Crippen LogP contribution in [0.5, 0.6) is 5.75 Å². The minimum atomic E-state index is -0.903. The van der Waals surface area contributed by atoms with Crippen molar-refractivity contribution >= 4 is 16.9 Å². The third-order valence-electron chi connectivity index (χ3n) is 3.81. The average molecular weight is 319 g/mol. The molecule has 2 atom stereocenters. The van der Waals surface area contributed by atoms with Crippen LogP contribution in [0.15, 0.2) is 29.1 Å². The van der Waals surface area contributed by atoms with Crippen LogP contribution in [0, 0.1) is 0 Å². The molecule has 0 bridgehead atoms. The van der Waals surface area contributed by atoms with Crippen LogP contribution >= 0.6 is 0 Å². The number of rotatable bonds is 5. The van der Waals surface area contributed by atoms with E-state index in [1.165, 1.54) is 25.5 Å². The van der Waals surface area contributed by atoms with E-state index in [1.54, 1.807) is 7.05 Å². The summed E-state index contributed by atoms with van der Waals surface area (Å²) >= 11 is 0. The molecule has 1 aromatic heterocycles. The van der Waals surface area contributed by atoms with Gasteiger partial charge < -0.3 is 19.1 Å². The topological polar surface area (TPSA) is 77.8 Å². The summed E-state index contributed by atoms with van der Waals surface area (Å²) in [6.45, 7) is 2.79. The van der Waals surface area contributed by atoms with Gasteiger partial charge in [-0.1, -0.05) is 12.1 Å². The van der Waals surface area contributed by atoms with E-state index in [-0.39, 0.29) is 12.0 Å². The van der Waals surface area contributed by atoms with Crippen LogP contribution in [0.2, 0.25) is 0 Å². The Morgan fingerprint density at radius 1 is 1.35 bits per heavy atom. The highest BCUT2D eigenvalue weighted by Crippen LogP contribution is 2.28. The van der Waals surface area contributed by atoms with Gasteiger partial charge >= 0.3 is 5.97 Å². The molecule has 0 saturated carbocycles. The summed E-state index contributed by atoms with van der Waals surface area (Å²) in [7, 11) is 3.17. The first-order valence-corrected chi connectivity index (χ1v) is 7.36. The third-order valence-corrected chi connectivity index (χ3v) is 3.81. The molecule has 1 aromatic carbocycles. The summed E-state index contributed by atoms with van der Waals surface area (Å²) in [5.74, 6) is -0.0611. The number of hydrogen-bond donors (Lipinski definition) is 1. The Labute approximate surface area is 134 Å². The fourth-order valence-electron chi connectivity index (χ4n) is 2.67. The van der Waals surface area contributed by atoms with Gasteiger partial charge in [0, 0.05) is 25.8 Å². The van der Waals surface area contributed by atoms with E-state index >= 15 is 0 Å². The van der Waals surface area contributed by atoms with Gasteiger partial charge in [0.2, 0.25) is 0 Å². The molecular weight excluding hydrogens is 298 g/mol. The van der Waals surface area contributed by atoms with Gasteiger partial charge in [-0.3, -0.25) is 9.59 Å². The van der Waals surface area contributed by atoms with E-state index in [2.05, 4.69) is 0 Å². The number of aliphatic hydroxyl groups is 1. The van der Waals surface area contributed by atoms with Gasteiger partial charge in [-0.15, -0.1) is 0 Å². The maximum absolute atomic E-state index is 12.7. The Morgan fingerprint density at radius 2 is 2.00 bits per heavy atom. The summed E-state index contributed by atoms with van der Waals surface area (Å²) < 4.78 is 12.1. The number of nitrogens with zero attached hydrogens (tertiary/aromatic N) is 1. The van der Waals surface area contributed by atoms with Crippen LogP contribution in [-0.2, 0) is 23.0 Å². The predicted octanol–water partition coefficient (Wildman–Crippen LogP) is 1.40. The number of para-hydroxylation sites is 1. The number of fused-ring (bicyclic) bond motifs is 1. The van der Waals surface area contributed by atoms with Gasteiger partial charge in [0.1, 0.15) is 11.9 Å². The van der Waals surface area contributed by atoms with Crippen molar-refractivity contribution in [2.75, 3.05) is 7.11 Å². The Balaban J connectivity index is 2.61. The Morgan fingerprint density at radius 3 is 2.57 bits per heavy atom. The second-order valence-corrected chi connectivity index (χ2v) is 5.49. The zero-order valence-electron chi connectivity index (χ0n) is 13.7. The first-order chi connectivity index (χ1) is 10.9. The van der Waals surface area contributed by atoms with E-state index in [1.807, 2.05) is 24.3 Å². The van der Waals surface area contributed by atoms with Crippen molar-refractivity contribution in [3.63, 3.8) is 0 Å². The number of carbonyl (C=O) groups is 1. The number of ether oxygens (including phenoxy) is 2. The molecule has 0 radical (unpaired) electrons. The lowest BCUT2D eigenvalue weighted by atomic mass is 10.0. The van der Waals surface area contributed by atoms with Gasteiger partial charge in [-0.2, -0.15) is 0 Å². The SMILES string of the molecule is COc1c(C[C@H](OC(C)=O)[C@H](C)O)c(=O)n(C)c2ccccc12. The number of carbonyl (C=O) groups excluding carboxylic acids is 1. The van der Waals surface area contributed by atoms with Crippen LogP contribution in [-0.4, -0.2) is 35.0 Å². The van der Waals surface area contributed by atoms with Crippen molar-refractivity contribution in [3.05, 3.63) is 40.2 Å². The Hall–Kier alpha value is -2.34. The molecule has 1 heterocycles. The summed E-state index contributed by atoms with van der Waals surface area (Å²) in [6.07, 6.45) is -1.63. The van der Waals surface area contributed by atoms with Crippen molar-refractivity contribution in [1.82, 2.24) is 4.57 Å². The molecule has 0 saturated heterocycles. The maximum atomic E-state index is 12.7. The fourth-order valence-corrected chi connectivity index (χ4v) is 2.67. The Bertz CT molecular complexity index is 778. The third kappa shape index (κ3) is 3.37. The number of benzene rings is 1. The summed E-state index contributed by atoms with van der Waals surface area (Å²) in [5.41, 5.74) is 0.887. The summed E-state index contributed by atoms with van der Waals surface area (Å²) in [6, 6.07) is 7.40. The molecule has 6 heteroatoms. The van der Waals surface area contributed by atoms with E-state index in [4.69, 9.17) is 9.47 Å². The average Bonchev–Trinajstić information content (AvgIpc) is 2.51. The number of esters is 1. The van der Waals surface area contributed by atoms with Crippen LogP contribution in [0.1, 0.15) is 19.4 Å². The number of hydrogen-bond acceptors (Lipinski definition) is 5. The molecule has 23 heavy (non-hydrogen) atoms. The van der Waals surface area contributed by atoms with Crippen molar-refractivity contribution in [2.45, 2.75) is 32.5 Å². The molecule has 0 fully saturated rings. The standard InChI is InChI=1S/C17H21NO5/c1-10(19)15(23-11(2)20)9-13-16(22-4)12-7-5-6-8-14(12)18(3)17(13)21/h5-8,10,15,19H,9H2,1-4H3/t10-,15-/m0/s1. The largest absolute Gasteiger partial charge is 0.496 e. The Kier molecular flexibility index (Phi) is 5.05. The second-order valence-electron chi connectivity index (χ2n) is 5.49. The first kappa shape index (κ1) is 17.0. The smallest absolute Gasteiger partial charge is 0.303 e. The summed E-state index contributed by atoms with van der Waals surface area (Å²) in [4.78, 5) is 23.9. The maximum Gasteiger partial charge on any atom is 0.303 e. The zero-order valence-corrected chi connectivity index (χ0v) is 13.7. The van der Waals surface area contributed by atoms with Crippen LogP contribution < -0.4 is 10.3 Å². The van der Waals surface area contributed by atoms with Crippen LogP contribution in [0.25, 0.3) is 10.9 Å². The number of methoxy groups -OCH3 is 1. The molecule has 0 aliphatic heterocycles. The van der Waals surface area contributed by atoms with Gasteiger partial charge in [-0.05, 0) is 19.1 Å². The van der Waals surface area contributed by atoms with E-state index < -0.39 is 18.2 Å². The van der Waals surface area contributed by atoms with Gasteiger partial charge in [0.05, 0.1) is 24.3 Å². The second kappa shape index (κ2) is 6.83. The zero-order chi connectivity index (χ0) is 17.1. The normalized spacial score (nSPS) is 13.6. The molecule has 0 amide bonds. The van der Waals surface area contributed by atoms with Crippen LogP contribution in [0.3, 0.4) is 0 Å². The van der Waals surface area contributed by atoms with Crippen molar-refractivity contribution in [3.8, 4) is 5.75 Å². The van der Waals surface area contributed by atoms with Crippen LogP contribution in [0.4, 0.5) is 0 Å². The highest BCUT2D eigenvalue weighted by Gasteiger charge is 2.24. The molecule has 0 aliphatic carbocycles.